The summed E-state index contributed by atoms with van der Waals surface area (Å²) in [6.45, 7) is 12.4. The fraction of sp³-hybridized carbons (Fsp3) is 0.474. The average molecular weight is 328 g/mol. The number of benzene rings is 1. The summed E-state index contributed by atoms with van der Waals surface area (Å²) >= 11 is 0. The molecule has 0 radical (unpaired) electrons. The second-order valence-corrected chi connectivity index (χ2v) is 6.55. The van der Waals surface area contributed by atoms with E-state index < -0.39 is 0 Å². The van der Waals surface area contributed by atoms with Crippen LogP contribution in [0.4, 0.5) is 0 Å². The molecule has 2 N–H and O–H groups in total. The lowest BCUT2D eigenvalue weighted by molar-refractivity contribution is 0.471. The van der Waals surface area contributed by atoms with E-state index in [2.05, 4.69) is 65.6 Å². The van der Waals surface area contributed by atoms with Gasteiger partial charge in [0.2, 0.25) is 5.89 Å². The highest BCUT2D eigenvalue weighted by Crippen LogP contribution is 2.21. The van der Waals surface area contributed by atoms with Crippen molar-refractivity contribution < 1.29 is 4.42 Å². The molecule has 0 atom stereocenters. The molecule has 130 valence electrons. The molecule has 1 aromatic carbocycles. The van der Waals surface area contributed by atoms with E-state index in [4.69, 9.17) is 4.42 Å². The number of aryl methyl sites for hydroxylation is 2. The Morgan fingerprint density at radius 3 is 2.46 bits per heavy atom. The van der Waals surface area contributed by atoms with Gasteiger partial charge < -0.3 is 15.1 Å². The minimum absolute atomic E-state index is 0.00750. The summed E-state index contributed by atoms with van der Waals surface area (Å²) in [6, 6.07) is 10.5. The number of aliphatic imine (C=N–C) groups is 1. The van der Waals surface area contributed by atoms with E-state index in [0.717, 1.165) is 30.5 Å². The quantitative estimate of drug-likeness (QED) is 0.631. The SMILES string of the molecule is CCNC(=NCc1nc(C)c(C)o1)NCC(C)(C)c1ccccc1. The molecule has 5 heteroatoms. The van der Waals surface area contributed by atoms with E-state index in [1.807, 2.05) is 19.9 Å². The predicted octanol–water partition coefficient (Wildman–Crippen LogP) is 3.32. The third-order valence-electron chi connectivity index (χ3n) is 4.04. The van der Waals surface area contributed by atoms with Crippen molar-refractivity contribution in [3.8, 4) is 0 Å². The number of hydrogen-bond donors (Lipinski definition) is 2. The van der Waals surface area contributed by atoms with Crippen LogP contribution >= 0.6 is 0 Å². The fourth-order valence-electron chi connectivity index (χ4n) is 2.39. The molecule has 1 aromatic heterocycles. The Kier molecular flexibility index (Phi) is 6.01. The first-order valence-electron chi connectivity index (χ1n) is 8.43. The monoisotopic (exact) mass is 328 g/mol. The normalized spacial score (nSPS) is 12.3. The highest BCUT2D eigenvalue weighted by molar-refractivity contribution is 5.79. The van der Waals surface area contributed by atoms with E-state index in [9.17, 15) is 0 Å². The summed E-state index contributed by atoms with van der Waals surface area (Å²) in [5.74, 6) is 2.27. The van der Waals surface area contributed by atoms with Crippen molar-refractivity contribution in [2.75, 3.05) is 13.1 Å². The fourth-order valence-corrected chi connectivity index (χ4v) is 2.39. The van der Waals surface area contributed by atoms with Gasteiger partial charge in [0.15, 0.2) is 5.96 Å². The molecule has 1 heterocycles. The number of nitrogens with zero attached hydrogens (tertiary/aromatic N) is 2. The molecule has 0 spiro atoms. The summed E-state index contributed by atoms with van der Waals surface area (Å²) in [7, 11) is 0. The molecule has 0 bridgehead atoms. The van der Waals surface area contributed by atoms with Crippen LogP contribution in [-0.2, 0) is 12.0 Å². The van der Waals surface area contributed by atoms with E-state index >= 15 is 0 Å². The van der Waals surface area contributed by atoms with E-state index in [0.29, 0.717) is 12.4 Å². The van der Waals surface area contributed by atoms with Gasteiger partial charge in [-0.25, -0.2) is 9.98 Å². The zero-order chi connectivity index (χ0) is 17.6. The average Bonchev–Trinajstić information content (AvgIpc) is 2.89. The maximum Gasteiger partial charge on any atom is 0.216 e. The Bertz CT molecular complexity index is 654. The van der Waals surface area contributed by atoms with Crippen LogP contribution in [0.15, 0.2) is 39.7 Å². The molecule has 24 heavy (non-hydrogen) atoms. The summed E-state index contributed by atoms with van der Waals surface area (Å²) < 4.78 is 5.58. The summed E-state index contributed by atoms with van der Waals surface area (Å²) in [6.07, 6.45) is 0. The number of rotatable bonds is 6. The van der Waals surface area contributed by atoms with Gasteiger partial charge >= 0.3 is 0 Å². The van der Waals surface area contributed by atoms with Crippen molar-refractivity contribution in [2.24, 2.45) is 4.99 Å². The molecule has 0 saturated heterocycles. The first-order valence-corrected chi connectivity index (χ1v) is 8.43. The molecular formula is C19H28N4O. The predicted molar refractivity (Wildman–Crippen MR) is 98.3 cm³/mol. The largest absolute Gasteiger partial charge is 0.444 e. The maximum absolute atomic E-state index is 5.58. The lowest BCUT2D eigenvalue weighted by atomic mass is 9.85. The van der Waals surface area contributed by atoms with Gasteiger partial charge in [0, 0.05) is 18.5 Å². The van der Waals surface area contributed by atoms with Crippen LogP contribution in [0, 0.1) is 13.8 Å². The van der Waals surface area contributed by atoms with Gasteiger partial charge in [-0.3, -0.25) is 0 Å². The first kappa shape index (κ1) is 18.0. The van der Waals surface area contributed by atoms with Crippen molar-refractivity contribution in [3.05, 3.63) is 53.2 Å². The summed E-state index contributed by atoms with van der Waals surface area (Å²) in [5, 5.41) is 6.69. The van der Waals surface area contributed by atoms with Gasteiger partial charge in [0.1, 0.15) is 12.3 Å². The van der Waals surface area contributed by atoms with Crippen LogP contribution in [0.3, 0.4) is 0 Å². The van der Waals surface area contributed by atoms with Gasteiger partial charge in [-0.05, 0) is 26.3 Å². The van der Waals surface area contributed by atoms with E-state index in [1.165, 1.54) is 5.56 Å². The molecule has 2 aromatic rings. The molecule has 0 saturated carbocycles. The second-order valence-electron chi connectivity index (χ2n) is 6.55. The van der Waals surface area contributed by atoms with Crippen molar-refractivity contribution in [3.63, 3.8) is 0 Å². The smallest absolute Gasteiger partial charge is 0.216 e. The zero-order valence-corrected chi connectivity index (χ0v) is 15.3. The third kappa shape index (κ3) is 4.85. The molecule has 0 aliphatic carbocycles. The summed E-state index contributed by atoms with van der Waals surface area (Å²) in [5.41, 5.74) is 2.23. The lowest BCUT2D eigenvalue weighted by Crippen LogP contribution is -2.43. The zero-order valence-electron chi connectivity index (χ0n) is 15.3. The Morgan fingerprint density at radius 2 is 1.88 bits per heavy atom. The molecule has 0 unspecified atom stereocenters. The van der Waals surface area contributed by atoms with Gasteiger partial charge in [0.25, 0.3) is 0 Å². The molecule has 0 aliphatic heterocycles. The number of nitrogens with one attached hydrogen (secondary N) is 2. The molecular weight excluding hydrogens is 300 g/mol. The maximum atomic E-state index is 5.58. The van der Waals surface area contributed by atoms with Crippen LogP contribution in [0.2, 0.25) is 0 Å². The topological polar surface area (TPSA) is 62.5 Å². The van der Waals surface area contributed by atoms with Gasteiger partial charge in [0.05, 0.1) is 5.69 Å². The third-order valence-corrected chi connectivity index (χ3v) is 4.04. The van der Waals surface area contributed by atoms with Crippen molar-refractivity contribution >= 4 is 5.96 Å². The van der Waals surface area contributed by atoms with Crippen LogP contribution in [0.5, 0.6) is 0 Å². The van der Waals surface area contributed by atoms with Crippen LogP contribution in [0.1, 0.15) is 43.7 Å². The Labute approximate surface area is 144 Å². The molecule has 0 fully saturated rings. The Morgan fingerprint density at radius 1 is 1.17 bits per heavy atom. The number of oxazole rings is 1. The second kappa shape index (κ2) is 7.99. The number of guanidine groups is 1. The first-order chi connectivity index (χ1) is 11.4. The van der Waals surface area contributed by atoms with E-state index in [1.54, 1.807) is 0 Å². The highest BCUT2D eigenvalue weighted by Gasteiger charge is 2.20. The number of aromatic nitrogens is 1. The summed E-state index contributed by atoms with van der Waals surface area (Å²) in [4.78, 5) is 8.94. The van der Waals surface area contributed by atoms with Crippen LogP contribution in [-0.4, -0.2) is 24.0 Å². The minimum atomic E-state index is 0.00750. The lowest BCUT2D eigenvalue weighted by Gasteiger charge is -2.26. The molecule has 0 aliphatic rings. The van der Waals surface area contributed by atoms with Crippen molar-refractivity contribution in [2.45, 2.75) is 46.6 Å². The van der Waals surface area contributed by atoms with Gasteiger partial charge in [-0.2, -0.15) is 0 Å². The van der Waals surface area contributed by atoms with Gasteiger partial charge in [-0.1, -0.05) is 44.2 Å². The van der Waals surface area contributed by atoms with Crippen LogP contribution in [0.25, 0.3) is 0 Å². The Hall–Kier alpha value is -2.30. The molecule has 5 nitrogen and oxygen atoms in total. The highest BCUT2D eigenvalue weighted by atomic mass is 16.4. The van der Waals surface area contributed by atoms with Gasteiger partial charge in [-0.15, -0.1) is 0 Å². The van der Waals surface area contributed by atoms with Crippen molar-refractivity contribution in [1.29, 1.82) is 0 Å². The van der Waals surface area contributed by atoms with Crippen molar-refractivity contribution in [1.82, 2.24) is 15.6 Å². The minimum Gasteiger partial charge on any atom is -0.444 e. The van der Waals surface area contributed by atoms with E-state index in [-0.39, 0.29) is 5.41 Å². The molecule has 2 rings (SSSR count). The number of hydrogen-bond acceptors (Lipinski definition) is 3. The Balaban J connectivity index is 2.01. The van der Waals surface area contributed by atoms with Crippen LogP contribution < -0.4 is 10.6 Å². The molecule has 0 amide bonds. The standard InChI is InChI=1S/C19H28N4O/c1-6-20-18(21-12-17-23-14(2)15(3)24-17)22-13-19(4,5)16-10-8-7-9-11-16/h7-11H,6,12-13H2,1-5H3,(H2,20,21,22).